The highest BCUT2D eigenvalue weighted by Gasteiger charge is 2.09. The molecule has 1 unspecified atom stereocenters. The topological polar surface area (TPSA) is 37.3 Å². The van der Waals surface area contributed by atoms with Crippen LogP contribution in [0.15, 0.2) is 0 Å². The van der Waals surface area contributed by atoms with E-state index in [-0.39, 0.29) is 5.78 Å². The third-order valence-electron chi connectivity index (χ3n) is 5.13. The highest BCUT2D eigenvalue weighted by atomic mass is 16.3. The lowest BCUT2D eigenvalue weighted by Crippen LogP contribution is -2.12. The predicted molar refractivity (Wildman–Crippen MR) is 110 cm³/mol. The molecule has 0 spiro atoms. The number of ketones is 1. The molecule has 0 bridgehead atoms. The van der Waals surface area contributed by atoms with Crippen molar-refractivity contribution >= 4 is 5.78 Å². The van der Waals surface area contributed by atoms with Crippen LogP contribution < -0.4 is 0 Å². The van der Waals surface area contributed by atoms with Gasteiger partial charge in [-0.2, -0.15) is 0 Å². The SMILES string of the molecule is CCCCCCCCCCCCCCCCCC(O)CC(=O)CCC. The molecule has 0 radical (unpaired) electrons. The second-order valence-electron chi connectivity index (χ2n) is 7.89. The summed E-state index contributed by atoms with van der Waals surface area (Å²) in [6.45, 7) is 4.29. The molecule has 150 valence electrons. The maximum atomic E-state index is 11.5. The average Bonchev–Trinajstić information content (AvgIpc) is 2.58. The molecule has 0 fully saturated rings. The zero-order chi connectivity index (χ0) is 18.6. The highest BCUT2D eigenvalue weighted by molar-refractivity contribution is 5.78. The molecule has 0 aromatic rings. The molecule has 0 amide bonds. The Kier molecular flexibility index (Phi) is 19.7. The van der Waals surface area contributed by atoms with Crippen LogP contribution in [0.1, 0.15) is 136 Å². The largest absolute Gasteiger partial charge is 0.393 e. The summed E-state index contributed by atoms with van der Waals surface area (Å²) in [5.74, 6) is 0.218. The van der Waals surface area contributed by atoms with Crippen molar-refractivity contribution < 1.29 is 9.90 Å². The van der Waals surface area contributed by atoms with Crippen LogP contribution in [0.4, 0.5) is 0 Å². The fourth-order valence-electron chi connectivity index (χ4n) is 3.50. The van der Waals surface area contributed by atoms with Gasteiger partial charge in [0.2, 0.25) is 0 Å². The normalized spacial score (nSPS) is 12.4. The van der Waals surface area contributed by atoms with Crippen LogP contribution in [0.5, 0.6) is 0 Å². The van der Waals surface area contributed by atoms with Gasteiger partial charge in [-0.25, -0.2) is 0 Å². The van der Waals surface area contributed by atoms with Crippen molar-refractivity contribution in [2.24, 2.45) is 0 Å². The molecule has 0 aliphatic heterocycles. The summed E-state index contributed by atoms with van der Waals surface area (Å²) < 4.78 is 0. The van der Waals surface area contributed by atoms with Gasteiger partial charge in [-0.05, 0) is 12.8 Å². The van der Waals surface area contributed by atoms with Crippen molar-refractivity contribution in [3.63, 3.8) is 0 Å². The predicted octanol–water partition coefficient (Wildman–Crippen LogP) is 7.37. The Bertz CT molecular complexity index is 275. The van der Waals surface area contributed by atoms with Crippen molar-refractivity contribution in [2.75, 3.05) is 0 Å². The first-order chi connectivity index (χ1) is 12.2. The molecule has 0 aromatic carbocycles. The minimum atomic E-state index is -0.402. The maximum Gasteiger partial charge on any atom is 0.135 e. The van der Waals surface area contributed by atoms with Gasteiger partial charge in [-0.3, -0.25) is 4.79 Å². The van der Waals surface area contributed by atoms with Gasteiger partial charge in [0.25, 0.3) is 0 Å². The summed E-state index contributed by atoms with van der Waals surface area (Å²) >= 11 is 0. The summed E-state index contributed by atoms with van der Waals surface area (Å²) in [5.41, 5.74) is 0. The number of aliphatic hydroxyl groups excluding tert-OH is 1. The van der Waals surface area contributed by atoms with Gasteiger partial charge in [-0.1, -0.05) is 110 Å². The minimum Gasteiger partial charge on any atom is -0.393 e. The fourth-order valence-corrected chi connectivity index (χ4v) is 3.50. The summed E-state index contributed by atoms with van der Waals surface area (Å²) in [6.07, 6.45) is 22.7. The zero-order valence-electron chi connectivity index (χ0n) is 17.4. The Labute approximate surface area is 158 Å². The van der Waals surface area contributed by atoms with Gasteiger partial charge in [0.1, 0.15) is 5.78 Å². The van der Waals surface area contributed by atoms with Crippen molar-refractivity contribution in [3.8, 4) is 0 Å². The molecule has 1 N–H and O–H groups in total. The standard InChI is InChI=1S/C23H46O2/c1-3-5-6-7-8-9-10-11-12-13-14-15-16-17-18-20-23(25)21-22(24)19-4-2/h23,25H,3-21H2,1-2H3. The van der Waals surface area contributed by atoms with Crippen LogP contribution in [0.3, 0.4) is 0 Å². The first-order valence-corrected chi connectivity index (χ1v) is 11.4. The van der Waals surface area contributed by atoms with Gasteiger partial charge in [-0.15, -0.1) is 0 Å². The Morgan fingerprint density at radius 1 is 0.640 bits per heavy atom. The molecular weight excluding hydrogens is 308 g/mol. The molecule has 0 rings (SSSR count). The van der Waals surface area contributed by atoms with Crippen LogP contribution >= 0.6 is 0 Å². The molecule has 0 saturated carbocycles. The Morgan fingerprint density at radius 2 is 1.04 bits per heavy atom. The Hall–Kier alpha value is -0.370. The lowest BCUT2D eigenvalue weighted by Gasteiger charge is -2.09. The van der Waals surface area contributed by atoms with E-state index >= 15 is 0 Å². The lowest BCUT2D eigenvalue weighted by molar-refractivity contribution is -0.121. The summed E-state index contributed by atoms with van der Waals surface area (Å²) in [7, 11) is 0. The van der Waals surface area contributed by atoms with Crippen molar-refractivity contribution in [2.45, 2.75) is 142 Å². The third kappa shape index (κ3) is 19.8. The molecule has 0 aliphatic carbocycles. The number of carbonyl (C=O) groups excluding carboxylic acids is 1. The summed E-state index contributed by atoms with van der Waals surface area (Å²) in [6, 6.07) is 0. The smallest absolute Gasteiger partial charge is 0.135 e. The Balaban J connectivity index is 3.15. The lowest BCUT2D eigenvalue weighted by atomic mass is 10.0. The number of carbonyl (C=O) groups is 1. The van der Waals surface area contributed by atoms with Crippen LogP contribution in [0.25, 0.3) is 0 Å². The summed E-state index contributed by atoms with van der Waals surface area (Å²) in [4.78, 5) is 11.5. The van der Waals surface area contributed by atoms with Crippen LogP contribution in [0, 0.1) is 0 Å². The van der Waals surface area contributed by atoms with E-state index < -0.39 is 6.10 Å². The minimum absolute atomic E-state index is 0.218. The second-order valence-corrected chi connectivity index (χ2v) is 7.89. The number of aliphatic hydroxyl groups is 1. The van der Waals surface area contributed by atoms with Gasteiger partial charge in [0, 0.05) is 12.8 Å². The fraction of sp³-hybridized carbons (Fsp3) is 0.957. The van der Waals surface area contributed by atoms with Crippen molar-refractivity contribution in [1.82, 2.24) is 0 Å². The highest BCUT2D eigenvalue weighted by Crippen LogP contribution is 2.14. The number of Topliss-reactive ketones (excluding diaryl/α,β-unsaturated/α-hetero) is 1. The molecule has 0 aliphatic rings. The quantitative estimate of drug-likeness (QED) is 0.232. The monoisotopic (exact) mass is 354 g/mol. The van der Waals surface area contributed by atoms with E-state index in [2.05, 4.69) is 6.92 Å². The van der Waals surface area contributed by atoms with E-state index in [9.17, 15) is 9.90 Å². The second kappa shape index (κ2) is 19.9. The molecule has 25 heavy (non-hydrogen) atoms. The molecule has 2 nitrogen and oxygen atoms in total. The number of hydrogen-bond donors (Lipinski definition) is 1. The van der Waals surface area contributed by atoms with E-state index in [1.54, 1.807) is 0 Å². The van der Waals surface area contributed by atoms with E-state index in [1.807, 2.05) is 6.92 Å². The maximum absolute atomic E-state index is 11.5. The van der Waals surface area contributed by atoms with Gasteiger partial charge in [0.15, 0.2) is 0 Å². The molecule has 0 aromatic heterocycles. The van der Waals surface area contributed by atoms with Crippen LogP contribution in [-0.2, 0) is 4.79 Å². The average molecular weight is 355 g/mol. The number of hydrogen-bond acceptors (Lipinski definition) is 2. The molecule has 0 heterocycles. The zero-order valence-corrected chi connectivity index (χ0v) is 17.4. The van der Waals surface area contributed by atoms with Crippen LogP contribution in [0.2, 0.25) is 0 Å². The first kappa shape index (κ1) is 24.6. The van der Waals surface area contributed by atoms with E-state index in [0.29, 0.717) is 12.8 Å². The van der Waals surface area contributed by atoms with E-state index in [0.717, 1.165) is 19.3 Å². The number of unbranched alkanes of at least 4 members (excludes halogenated alkanes) is 14. The van der Waals surface area contributed by atoms with Gasteiger partial charge < -0.3 is 5.11 Å². The molecular formula is C23H46O2. The van der Waals surface area contributed by atoms with Crippen molar-refractivity contribution in [1.29, 1.82) is 0 Å². The van der Waals surface area contributed by atoms with E-state index in [4.69, 9.17) is 0 Å². The van der Waals surface area contributed by atoms with E-state index in [1.165, 1.54) is 89.9 Å². The molecule has 1 atom stereocenters. The Morgan fingerprint density at radius 3 is 1.44 bits per heavy atom. The van der Waals surface area contributed by atoms with Gasteiger partial charge >= 0.3 is 0 Å². The van der Waals surface area contributed by atoms with Crippen LogP contribution in [-0.4, -0.2) is 17.0 Å². The van der Waals surface area contributed by atoms with Crippen molar-refractivity contribution in [3.05, 3.63) is 0 Å². The van der Waals surface area contributed by atoms with Gasteiger partial charge in [0.05, 0.1) is 6.10 Å². The third-order valence-corrected chi connectivity index (χ3v) is 5.13. The number of rotatable bonds is 20. The summed E-state index contributed by atoms with van der Waals surface area (Å²) in [5, 5.41) is 9.83. The molecule has 2 heteroatoms. The first-order valence-electron chi connectivity index (χ1n) is 11.4. The molecule has 0 saturated heterocycles.